The minimum absolute atomic E-state index is 0.0651. The summed E-state index contributed by atoms with van der Waals surface area (Å²) in [5, 5.41) is 10.0. The lowest BCUT2D eigenvalue weighted by Gasteiger charge is -2.10. The van der Waals surface area contributed by atoms with Gasteiger partial charge in [0.2, 0.25) is 0 Å². The smallest absolute Gasteiger partial charge is 0.173 e. The van der Waals surface area contributed by atoms with Crippen LogP contribution in [0.4, 0.5) is 5.69 Å². The van der Waals surface area contributed by atoms with Crippen LogP contribution >= 0.6 is 31.9 Å². The van der Waals surface area contributed by atoms with Crippen LogP contribution < -0.4 is 9.47 Å². The molecule has 0 spiro atoms. The normalized spacial score (nSPS) is 10.9. The van der Waals surface area contributed by atoms with Gasteiger partial charge in [-0.1, -0.05) is 0 Å². The van der Waals surface area contributed by atoms with Gasteiger partial charge < -0.3 is 14.6 Å². The van der Waals surface area contributed by atoms with Crippen LogP contribution in [0.25, 0.3) is 0 Å². The number of halogens is 2. The predicted octanol–water partition coefficient (Wildman–Crippen LogP) is 5.08. The Morgan fingerprint density at radius 2 is 1.86 bits per heavy atom. The van der Waals surface area contributed by atoms with Gasteiger partial charge in [0.1, 0.15) is 5.75 Å². The highest BCUT2D eigenvalue weighted by atomic mass is 79.9. The van der Waals surface area contributed by atoms with E-state index >= 15 is 0 Å². The van der Waals surface area contributed by atoms with Gasteiger partial charge in [0.15, 0.2) is 11.5 Å². The number of nitrogens with zero attached hydrogens (tertiary/aromatic N) is 1. The third kappa shape index (κ3) is 3.81. The molecule has 0 heterocycles. The molecule has 0 aromatic heterocycles. The van der Waals surface area contributed by atoms with Crippen molar-refractivity contribution in [3.63, 3.8) is 0 Å². The van der Waals surface area contributed by atoms with Crippen molar-refractivity contribution >= 4 is 43.8 Å². The molecule has 0 unspecified atom stereocenters. The molecule has 0 fully saturated rings. The van der Waals surface area contributed by atoms with E-state index in [2.05, 4.69) is 36.9 Å². The predicted molar refractivity (Wildman–Crippen MR) is 94.9 cm³/mol. The lowest BCUT2D eigenvalue weighted by molar-refractivity contribution is 0.317. The largest absolute Gasteiger partial charge is 0.503 e. The molecule has 0 atom stereocenters. The van der Waals surface area contributed by atoms with Gasteiger partial charge in [0.25, 0.3) is 0 Å². The molecule has 0 aliphatic heterocycles. The summed E-state index contributed by atoms with van der Waals surface area (Å²) in [6.45, 7) is 2.33. The molecule has 2 aromatic rings. The minimum atomic E-state index is 0.0651. The third-order valence-electron chi connectivity index (χ3n) is 2.90. The first-order valence-corrected chi connectivity index (χ1v) is 8.17. The standard InChI is InChI=1S/C16H15Br2NO3/c1-3-22-13-8-10(14(17)15(18)16(13)20)9-19-11-4-6-12(21-2)7-5-11/h4-9,20H,3H2,1-2H3. The number of rotatable bonds is 5. The number of aromatic hydroxyl groups is 1. The van der Waals surface area contributed by atoms with E-state index in [1.165, 1.54) is 0 Å². The average Bonchev–Trinajstić information content (AvgIpc) is 2.55. The molecule has 0 saturated heterocycles. The van der Waals surface area contributed by atoms with Gasteiger partial charge in [-0.2, -0.15) is 0 Å². The van der Waals surface area contributed by atoms with E-state index in [0.29, 0.717) is 21.3 Å². The highest BCUT2D eigenvalue weighted by Crippen LogP contribution is 2.41. The minimum Gasteiger partial charge on any atom is -0.503 e. The Balaban J connectivity index is 2.33. The second kappa shape index (κ2) is 7.65. The molecular formula is C16H15Br2NO3. The topological polar surface area (TPSA) is 51.0 Å². The fourth-order valence-electron chi connectivity index (χ4n) is 1.78. The van der Waals surface area contributed by atoms with Crippen molar-refractivity contribution in [2.45, 2.75) is 6.92 Å². The van der Waals surface area contributed by atoms with Gasteiger partial charge in [-0.3, -0.25) is 4.99 Å². The van der Waals surface area contributed by atoms with Crippen molar-refractivity contribution in [2.24, 2.45) is 4.99 Å². The lowest BCUT2D eigenvalue weighted by Crippen LogP contribution is -1.95. The van der Waals surface area contributed by atoms with Crippen molar-refractivity contribution in [3.8, 4) is 17.2 Å². The molecule has 1 N–H and O–H groups in total. The number of hydrogen-bond donors (Lipinski definition) is 1. The zero-order valence-corrected chi connectivity index (χ0v) is 15.3. The summed E-state index contributed by atoms with van der Waals surface area (Å²) >= 11 is 6.78. The highest BCUT2D eigenvalue weighted by Gasteiger charge is 2.14. The maximum absolute atomic E-state index is 10.0. The van der Waals surface area contributed by atoms with E-state index in [1.807, 2.05) is 31.2 Å². The van der Waals surface area contributed by atoms with Crippen LogP contribution in [0.2, 0.25) is 0 Å². The quantitative estimate of drug-likeness (QED) is 0.676. The molecular weight excluding hydrogens is 414 g/mol. The van der Waals surface area contributed by atoms with Crippen molar-refractivity contribution < 1.29 is 14.6 Å². The van der Waals surface area contributed by atoms with Gasteiger partial charge in [-0.15, -0.1) is 0 Å². The molecule has 0 aliphatic rings. The molecule has 0 amide bonds. The Morgan fingerprint density at radius 3 is 2.45 bits per heavy atom. The van der Waals surface area contributed by atoms with E-state index in [4.69, 9.17) is 9.47 Å². The second-order valence-corrected chi connectivity index (χ2v) is 5.92. The summed E-state index contributed by atoms with van der Waals surface area (Å²) in [5.74, 6) is 1.26. The van der Waals surface area contributed by atoms with Crippen LogP contribution in [0.5, 0.6) is 17.2 Å². The van der Waals surface area contributed by atoms with Crippen molar-refractivity contribution in [1.29, 1.82) is 0 Å². The molecule has 0 saturated carbocycles. The second-order valence-electron chi connectivity index (χ2n) is 4.33. The Hall–Kier alpha value is -1.53. The number of methoxy groups -OCH3 is 1. The molecule has 0 bridgehead atoms. The SMILES string of the molecule is CCOc1cc(C=Nc2ccc(OC)cc2)c(Br)c(Br)c1O. The van der Waals surface area contributed by atoms with Gasteiger partial charge in [-0.05, 0) is 69.1 Å². The molecule has 2 rings (SSSR count). The fourth-order valence-corrected chi connectivity index (χ4v) is 2.61. The molecule has 0 aliphatic carbocycles. The van der Waals surface area contributed by atoms with E-state index in [1.54, 1.807) is 19.4 Å². The Morgan fingerprint density at radius 1 is 1.18 bits per heavy atom. The van der Waals surface area contributed by atoms with Gasteiger partial charge in [0.05, 0.1) is 23.9 Å². The first-order chi connectivity index (χ1) is 10.6. The van der Waals surface area contributed by atoms with Gasteiger partial charge in [-0.25, -0.2) is 0 Å². The summed E-state index contributed by atoms with van der Waals surface area (Å²) in [7, 11) is 1.62. The summed E-state index contributed by atoms with van der Waals surface area (Å²) < 4.78 is 11.8. The molecule has 2 aromatic carbocycles. The number of phenols is 1. The van der Waals surface area contributed by atoms with Gasteiger partial charge in [0, 0.05) is 16.3 Å². The zero-order valence-electron chi connectivity index (χ0n) is 12.1. The van der Waals surface area contributed by atoms with Crippen molar-refractivity contribution in [2.75, 3.05) is 13.7 Å². The molecule has 116 valence electrons. The molecule has 4 nitrogen and oxygen atoms in total. The number of benzene rings is 2. The Labute approximate surface area is 146 Å². The molecule has 6 heteroatoms. The van der Waals surface area contributed by atoms with E-state index < -0.39 is 0 Å². The third-order valence-corrected chi connectivity index (χ3v) is 5.06. The van der Waals surface area contributed by atoms with Crippen LogP contribution in [-0.2, 0) is 0 Å². The highest BCUT2D eigenvalue weighted by molar-refractivity contribution is 9.13. The first-order valence-electron chi connectivity index (χ1n) is 6.58. The van der Waals surface area contributed by atoms with E-state index in [0.717, 1.165) is 17.0 Å². The summed E-state index contributed by atoms with van der Waals surface area (Å²) in [6, 6.07) is 9.16. The zero-order chi connectivity index (χ0) is 16.1. The Bertz CT molecular complexity index is 685. The fraction of sp³-hybridized carbons (Fsp3) is 0.188. The van der Waals surface area contributed by atoms with Crippen molar-refractivity contribution in [1.82, 2.24) is 0 Å². The number of hydrogen-bond acceptors (Lipinski definition) is 4. The lowest BCUT2D eigenvalue weighted by atomic mass is 10.2. The monoisotopic (exact) mass is 427 g/mol. The number of ether oxygens (including phenoxy) is 2. The van der Waals surface area contributed by atoms with E-state index in [-0.39, 0.29) is 5.75 Å². The van der Waals surface area contributed by atoms with Crippen molar-refractivity contribution in [3.05, 3.63) is 44.8 Å². The van der Waals surface area contributed by atoms with Crippen LogP contribution in [0, 0.1) is 0 Å². The summed E-state index contributed by atoms with van der Waals surface area (Å²) in [6.07, 6.45) is 1.71. The maximum atomic E-state index is 10.0. The van der Waals surface area contributed by atoms with Crippen LogP contribution in [0.3, 0.4) is 0 Å². The summed E-state index contributed by atoms with van der Waals surface area (Å²) in [5.41, 5.74) is 1.60. The van der Waals surface area contributed by atoms with Gasteiger partial charge >= 0.3 is 0 Å². The van der Waals surface area contributed by atoms with E-state index in [9.17, 15) is 5.11 Å². The maximum Gasteiger partial charge on any atom is 0.173 e. The molecule has 0 radical (unpaired) electrons. The molecule has 22 heavy (non-hydrogen) atoms. The average molecular weight is 429 g/mol. The van der Waals surface area contributed by atoms with Crippen LogP contribution in [0.15, 0.2) is 44.3 Å². The first kappa shape index (κ1) is 16.8. The Kier molecular flexibility index (Phi) is 5.85. The number of phenolic OH excluding ortho intramolecular Hbond substituents is 1. The van der Waals surface area contributed by atoms with Crippen LogP contribution in [-0.4, -0.2) is 25.0 Å². The van der Waals surface area contributed by atoms with Crippen LogP contribution in [0.1, 0.15) is 12.5 Å². The number of aliphatic imine (C=N–C) groups is 1. The summed E-state index contributed by atoms with van der Waals surface area (Å²) in [4.78, 5) is 4.42.